The van der Waals surface area contributed by atoms with Gasteiger partial charge in [-0.25, -0.2) is 9.79 Å². The van der Waals surface area contributed by atoms with Crippen molar-refractivity contribution in [2.45, 2.75) is 32.9 Å². The van der Waals surface area contributed by atoms with Gasteiger partial charge in [-0.1, -0.05) is 47.2 Å². The first-order valence-corrected chi connectivity index (χ1v) is 14.5. The van der Waals surface area contributed by atoms with E-state index in [2.05, 4.69) is 4.99 Å². The number of hydrogen-bond donors (Lipinski definition) is 0. The van der Waals surface area contributed by atoms with Crippen molar-refractivity contribution in [2.24, 2.45) is 4.99 Å². The number of morpholine rings is 1. The molecule has 3 aromatic rings. The van der Waals surface area contributed by atoms with Gasteiger partial charge in [0.05, 0.1) is 41.2 Å². The van der Waals surface area contributed by atoms with Gasteiger partial charge >= 0.3 is 5.97 Å². The highest BCUT2D eigenvalue weighted by molar-refractivity contribution is 7.07. The molecule has 2 aromatic carbocycles. The van der Waals surface area contributed by atoms with Crippen molar-refractivity contribution in [3.63, 3.8) is 0 Å². The van der Waals surface area contributed by atoms with Crippen molar-refractivity contribution in [1.82, 2.24) is 9.47 Å². The SMILES string of the molecule is CC1=C(C(=O)OC(C)C)[C@H](c2ccc(Cl)cc2)n2c(s/c(=C/c3ccc(OCC(=O)N4CCOCC4)cc3)c2=O)=N1. The number of ether oxygens (including phenoxy) is 3. The van der Waals surface area contributed by atoms with E-state index in [1.165, 1.54) is 11.3 Å². The molecule has 41 heavy (non-hydrogen) atoms. The van der Waals surface area contributed by atoms with E-state index < -0.39 is 12.0 Å². The Morgan fingerprint density at radius 2 is 1.80 bits per heavy atom. The molecule has 2 aliphatic rings. The predicted octanol–water partition coefficient (Wildman–Crippen LogP) is 3.08. The molecule has 214 valence electrons. The molecule has 1 fully saturated rings. The fourth-order valence-corrected chi connectivity index (χ4v) is 5.85. The van der Waals surface area contributed by atoms with Crippen molar-refractivity contribution >= 4 is 40.9 Å². The summed E-state index contributed by atoms with van der Waals surface area (Å²) in [7, 11) is 0. The molecular formula is C30H30ClN3O6S. The number of rotatable bonds is 7. The Bertz CT molecular complexity index is 1650. The van der Waals surface area contributed by atoms with Gasteiger partial charge in [-0.05, 0) is 62.2 Å². The Hall–Kier alpha value is -3.73. The molecule has 0 saturated carbocycles. The quantitative estimate of drug-likeness (QED) is 0.389. The smallest absolute Gasteiger partial charge is 0.338 e. The number of hydrogen-bond acceptors (Lipinski definition) is 8. The number of carbonyl (C=O) groups is 2. The lowest BCUT2D eigenvalue weighted by atomic mass is 9.96. The molecule has 9 nitrogen and oxygen atoms in total. The number of aromatic nitrogens is 1. The Morgan fingerprint density at radius 1 is 1.12 bits per heavy atom. The molecule has 0 aliphatic carbocycles. The van der Waals surface area contributed by atoms with Crippen molar-refractivity contribution in [3.05, 3.63) is 95.6 Å². The minimum atomic E-state index is -0.711. The van der Waals surface area contributed by atoms with E-state index in [-0.39, 0.29) is 24.2 Å². The Labute approximate surface area is 245 Å². The second kappa shape index (κ2) is 12.4. The molecule has 2 aliphatic heterocycles. The zero-order valence-corrected chi connectivity index (χ0v) is 24.5. The minimum Gasteiger partial charge on any atom is -0.484 e. The lowest BCUT2D eigenvalue weighted by Crippen LogP contribution is -2.42. The van der Waals surface area contributed by atoms with Crippen LogP contribution in [0.25, 0.3) is 6.08 Å². The zero-order chi connectivity index (χ0) is 29.1. The average molecular weight is 596 g/mol. The molecule has 0 radical (unpaired) electrons. The molecular weight excluding hydrogens is 566 g/mol. The maximum absolute atomic E-state index is 13.8. The van der Waals surface area contributed by atoms with Crippen LogP contribution in [0.15, 0.2) is 69.6 Å². The van der Waals surface area contributed by atoms with Crippen molar-refractivity contribution in [3.8, 4) is 5.75 Å². The largest absolute Gasteiger partial charge is 0.484 e. The van der Waals surface area contributed by atoms with Gasteiger partial charge in [-0.3, -0.25) is 14.2 Å². The van der Waals surface area contributed by atoms with Gasteiger partial charge in [0.1, 0.15) is 5.75 Å². The number of fused-ring (bicyclic) bond motifs is 1. The van der Waals surface area contributed by atoms with Crippen LogP contribution >= 0.6 is 22.9 Å². The first-order chi connectivity index (χ1) is 19.7. The molecule has 1 amide bonds. The molecule has 1 aromatic heterocycles. The number of nitrogens with zero attached hydrogens (tertiary/aromatic N) is 3. The molecule has 0 spiro atoms. The third-order valence-electron chi connectivity index (χ3n) is 6.67. The number of carbonyl (C=O) groups excluding carboxylic acids is 2. The topological polar surface area (TPSA) is 99.4 Å². The summed E-state index contributed by atoms with van der Waals surface area (Å²) in [4.78, 5) is 46.1. The van der Waals surface area contributed by atoms with E-state index >= 15 is 0 Å². The highest BCUT2D eigenvalue weighted by Crippen LogP contribution is 2.31. The van der Waals surface area contributed by atoms with Crippen LogP contribution in [0.2, 0.25) is 5.02 Å². The molecule has 11 heteroatoms. The van der Waals surface area contributed by atoms with E-state index in [1.807, 2.05) is 12.1 Å². The zero-order valence-electron chi connectivity index (χ0n) is 23.0. The van der Waals surface area contributed by atoms with Crippen LogP contribution in [-0.4, -0.2) is 60.4 Å². The van der Waals surface area contributed by atoms with Gasteiger partial charge in [0.25, 0.3) is 11.5 Å². The molecule has 0 N–H and O–H groups in total. The van der Waals surface area contributed by atoms with Crippen molar-refractivity contribution < 1.29 is 23.8 Å². The van der Waals surface area contributed by atoms with Crippen LogP contribution in [0.1, 0.15) is 37.9 Å². The molecule has 1 atom stereocenters. The highest BCUT2D eigenvalue weighted by Gasteiger charge is 2.33. The average Bonchev–Trinajstić information content (AvgIpc) is 3.26. The maximum Gasteiger partial charge on any atom is 0.338 e. The van der Waals surface area contributed by atoms with E-state index in [4.69, 9.17) is 25.8 Å². The monoisotopic (exact) mass is 595 g/mol. The van der Waals surface area contributed by atoms with E-state index in [0.717, 1.165) is 11.1 Å². The summed E-state index contributed by atoms with van der Waals surface area (Å²) in [6.45, 7) is 7.46. The van der Waals surface area contributed by atoms with Crippen LogP contribution in [0.5, 0.6) is 5.75 Å². The second-order valence-electron chi connectivity index (χ2n) is 9.94. The fraction of sp³-hybridized carbons (Fsp3) is 0.333. The van der Waals surface area contributed by atoms with Gasteiger partial charge in [-0.15, -0.1) is 0 Å². The van der Waals surface area contributed by atoms with Crippen molar-refractivity contribution in [2.75, 3.05) is 32.9 Å². The first kappa shape index (κ1) is 28.8. The Morgan fingerprint density at radius 3 is 2.46 bits per heavy atom. The molecule has 0 unspecified atom stereocenters. The van der Waals surface area contributed by atoms with Gasteiger partial charge in [0.15, 0.2) is 11.4 Å². The van der Waals surface area contributed by atoms with Crippen molar-refractivity contribution in [1.29, 1.82) is 0 Å². The van der Waals surface area contributed by atoms with Crippen LogP contribution < -0.4 is 19.6 Å². The summed E-state index contributed by atoms with van der Waals surface area (Å²) >= 11 is 7.38. The van der Waals surface area contributed by atoms with Gasteiger partial charge in [0, 0.05) is 18.1 Å². The Kier molecular flexibility index (Phi) is 8.72. The summed E-state index contributed by atoms with van der Waals surface area (Å²) < 4.78 is 18.5. The third-order valence-corrected chi connectivity index (χ3v) is 7.91. The summed E-state index contributed by atoms with van der Waals surface area (Å²) in [5.41, 5.74) is 2.04. The summed E-state index contributed by atoms with van der Waals surface area (Å²) in [6.07, 6.45) is 1.44. The highest BCUT2D eigenvalue weighted by atomic mass is 35.5. The van der Waals surface area contributed by atoms with Crippen LogP contribution in [0.3, 0.4) is 0 Å². The van der Waals surface area contributed by atoms with Crippen LogP contribution in [0, 0.1) is 0 Å². The fourth-order valence-electron chi connectivity index (χ4n) is 4.68. The minimum absolute atomic E-state index is 0.0520. The number of allylic oxidation sites excluding steroid dienone is 1. The van der Waals surface area contributed by atoms with Crippen LogP contribution in [-0.2, 0) is 19.1 Å². The lowest BCUT2D eigenvalue weighted by molar-refractivity contribution is -0.143. The van der Waals surface area contributed by atoms with Crippen LogP contribution in [0.4, 0.5) is 0 Å². The molecule has 1 saturated heterocycles. The molecule has 0 bridgehead atoms. The van der Waals surface area contributed by atoms with E-state index in [0.29, 0.717) is 57.7 Å². The lowest BCUT2D eigenvalue weighted by Gasteiger charge is -2.26. The number of benzene rings is 2. The summed E-state index contributed by atoms with van der Waals surface area (Å²) in [6, 6.07) is 13.5. The second-order valence-corrected chi connectivity index (χ2v) is 11.4. The van der Waals surface area contributed by atoms with E-state index in [1.54, 1.807) is 72.7 Å². The summed E-state index contributed by atoms with van der Waals surface area (Å²) in [5.74, 6) is -0.0456. The number of esters is 1. The third kappa shape index (κ3) is 6.45. The van der Waals surface area contributed by atoms with Gasteiger partial charge < -0.3 is 19.1 Å². The number of amides is 1. The van der Waals surface area contributed by atoms with Gasteiger partial charge in [-0.2, -0.15) is 0 Å². The number of halogens is 1. The predicted molar refractivity (Wildman–Crippen MR) is 156 cm³/mol. The van der Waals surface area contributed by atoms with Gasteiger partial charge in [0.2, 0.25) is 0 Å². The molecule has 3 heterocycles. The maximum atomic E-state index is 13.8. The standard InChI is InChI=1S/C30H30ClN3O6S/c1-18(2)40-29(37)26-19(3)32-30-34(27(26)21-6-8-22(31)9-7-21)28(36)24(41-30)16-20-4-10-23(11-5-20)39-17-25(35)33-12-14-38-15-13-33/h4-11,16,18,27H,12-15,17H2,1-3H3/b24-16+/t27-/m0/s1. The normalized spacial score (nSPS) is 17.3. The Balaban J connectivity index is 1.44. The molecule has 5 rings (SSSR count). The summed E-state index contributed by atoms with van der Waals surface area (Å²) in [5, 5.41) is 0.547. The van der Waals surface area contributed by atoms with E-state index in [9.17, 15) is 14.4 Å². The number of thiazole rings is 1. The first-order valence-electron chi connectivity index (χ1n) is 13.3.